The van der Waals surface area contributed by atoms with Gasteiger partial charge in [-0.1, -0.05) is 12.1 Å². The first-order chi connectivity index (χ1) is 11.6. The summed E-state index contributed by atoms with van der Waals surface area (Å²) in [6.45, 7) is 1.41. The summed E-state index contributed by atoms with van der Waals surface area (Å²) in [5.41, 5.74) is 6.19. The molecule has 1 aliphatic heterocycles. The molecule has 2 amide bonds. The summed E-state index contributed by atoms with van der Waals surface area (Å²) in [6, 6.07) is 8.26. The number of fused-ring (bicyclic) bond motifs is 1. The van der Waals surface area contributed by atoms with Crippen LogP contribution in [0.15, 0.2) is 28.7 Å². The zero-order valence-electron chi connectivity index (χ0n) is 13.3. The number of primary amides is 1. The number of nitrogens with two attached hydrogens (primary N) is 1. The molecule has 0 spiro atoms. The molecule has 0 radical (unpaired) electrons. The Kier molecular flexibility index (Phi) is 3.44. The Bertz CT molecular complexity index is 755. The molecule has 1 aliphatic carbocycles. The predicted octanol–water partition coefficient (Wildman–Crippen LogP) is 1.18. The second-order valence-corrected chi connectivity index (χ2v) is 6.66. The average molecular weight is 328 g/mol. The number of para-hydroxylation sites is 2. The maximum Gasteiger partial charge on any atom is 0.298 e. The van der Waals surface area contributed by atoms with E-state index in [0.29, 0.717) is 44.8 Å². The highest BCUT2D eigenvalue weighted by Crippen LogP contribution is 2.36. The number of oxazole rings is 1. The van der Waals surface area contributed by atoms with Crippen LogP contribution in [-0.2, 0) is 9.59 Å². The molecule has 1 saturated heterocycles. The fourth-order valence-electron chi connectivity index (χ4n) is 3.22. The minimum atomic E-state index is -0.783. The zero-order chi connectivity index (χ0) is 16.7. The third-order valence-corrected chi connectivity index (χ3v) is 5.00. The van der Waals surface area contributed by atoms with E-state index in [0.717, 1.165) is 11.1 Å². The highest BCUT2D eigenvalue weighted by molar-refractivity contribution is 5.93. The van der Waals surface area contributed by atoms with Crippen molar-refractivity contribution in [1.82, 2.24) is 10.3 Å². The molecule has 7 nitrogen and oxygen atoms in total. The minimum Gasteiger partial charge on any atom is -0.423 e. The summed E-state index contributed by atoms with van der Waals surface area (Å²) in [7, 11) is 0. The van der Waals surface area contributed by atoms with Crippen LogP contribution in [0.3, 0.4) is 0 Å². The van der Waals surface area contributed by atoms with Crippen molar-refractivity contribution in [2.45, 2.75) is 31.2 Å². The third-order valence-electron chi connectivity index (χ3n) is 5.00. The first kappa shape index (κ1) is 15.0. The van der Waals surface area contributed by atoms with Gasteiger partial charge in [0.25, 0.3) is 6.01 Å². The summed E-state index contributed by atoms with van der Waals surface area (Å²) >= 11 is 0. The Morgan fingerprint density at radius 2 is 1.96 bits per heavy atom. The van der Waals surface area contributed by atoms with Crippen LogP contribution in [0.4, 0.5) is 6.01 Å². The van der Waals surface area contributed by atoms with E-state index in [-0.39, 0.29) is 11.8 Å². The minimum absolute atomic E-state index is 0.0662. The lowest BCUT2D eigenvalue weighted by Crippen LogP contribution is -2.50. The molecule has 0 bridgehead atoms. The number of nitrogens with zero attached hydrogens (tertiary/aromatic N) is 2. The van der Waals surface area contributed by atoms with Gasteiger partial charge in [0.15, 0.2) is 5.58 Å². The first-order valence-corrected chi connectivity index (χ1v) is 8.30. The lowest BCUT2D eigenvalue weighted by atomic mass is 9.95. The largest absolute Gasteiger partial charge is 0.423 e. The number of carbonyl (C=O) groups excluding carboxylic acids is 2. The Labute approximate surface area is 139 Å². The molecule has 2 aromatic rings. The van der Waals surface area contributed by atoms with Gasteiger partial charge in [0.2, 0.25) is 11.8 Å². The number of aromatic nitrogens is 1. The van der Waals surface area contributed by atoms with Gasteiger partial charge in [-0.3, -0.25) is 9.59 Å². The number of hydrogen-bond acceptors (Lipinski definition) is 5. The van der Waals surface area contributed by atoms with E-state index in [9.17, 15) is 9.59 Å². The molecule has 2 heterocycles. The standard InChI is InChI=1S/C17H20N4O3/c18-15(23)17(7-8-17)20-14(22)11-5-9-21(10-6-11)16-19-12-3-1-2-4-13(12)24-16/h1-4,11H,5-10H2,(H2,18,23)(H,20,22). The topological polar surface area (TPSA) is 101 Å². The number of nitrogens with one attached hydrogen (secondary N) is 1. The van der Waals surface area contributed by atoms with Gasteiger partial charge in [0.05, 0.1) is 0 Å². The number of carbonyl (C=O) groups is 2. The number of benzene rings is 1. The smallest absolute Gasteiger partial charge is 0.298 e. The van der Waals surface area contributed by atoms with Gasteiger partial charge in [0.1, 0.15) is 11.1 Å². The summed E-state index contributed by atoms with van der Waals surface area (Å²) in [5, 5.41) is 2.84. The molecule has 2 aliphatic rings. The quantitative estimate of drug-likeness (QED) is 0.877. The van der Waals surface area contributed by atoms with Gasteiger partial charge in [0, 0.05) is 19.0 Å². The van der Waals surface area contributed by atoms with Gasteiger partial charge >= 0.3 is 0 Å². The molecule has 1 aromatic carbocycles. The van der Waals surface area contributed by atoms with Crippen LogP contribution >= 0.6 is 0 Å². The fourth-order valence-corrected chi connectivity index (χ4v) is 3.22. The van der Waals surface area contributed by atoms with Crippen LogP contribution in [0, 0.1) is 5.92 Å². The Hall–Kier alpha value is -2.57. The average Bonchev–Trinajstić information content (AvgIpc) is 3.24. The Balaban J connectivity index is 1.38. The molecule has 4 rings (SSSR count). The van der Waals surface area contributed by atoms with Crippen molar-refractivity contribution in [3.63, 3.8) is 0 Å². The second kappa shape index (κ2) is 5.51. The second-order valence-electron chi connectivity index (χ2n) is 6.66. The monoisotopic (exact) mass is 328 g/mol. The van der Waals surface area contributed by atoms with E-state index in [1.54, 1.807) is 0 Å². The summed E-state index contributed by atoms with van der Waals surface area (Å²) < 4.78 is 5.78. The third kappa shape index (κ3) is 2.60. The van der Waals surface area contributed by atoms with E-state index >= 15 is 0 Å². The highest BCUT2D eigenvalue weighted by atomic mass is 16.4. The molecule has 3 N–H and O–H groups in total. The normalized spacial score (nSPS) is 20.1. The summed E-state index contributed by atoms with van der Waals surface area (Å²) in [4.78, 5) is 30.3. The van der Waals surface area contributed by atoms with Crippen LogP contribution < -0.4 is 16.0 Å². The Morgan fingerprint density at radius 1 is 1.25 bits per heavy atom. The maximum absolute atomic E-state index is 12.4. The Morgan fingerprint density at radius 3 is 2.58 bits per heavy atom. The van der Waals surface area contributed by atoms with Gasteiger partial charge in [-0.15, -0.1) is 0 Å². The molecule has 2 fully saturated rings. The number of amides is 2. The van der Waals surface area contributed by atoms with Crippen molar-refractivity contribution < 1.29 is 14.0 Å². The lowest BCUT2D eigenvalue weighted by molar-refractivity contribution is -0.131. The molecule has 7 heteroatoms. The van der Waals surface area contributed by atoms with Crippen LogP contribution in [0.1, 0.15) is 25.7 Å². The first-order valence-electron chi connectivity index (χ1n) is 8.30. The lowest BCUT2D eigenvalue weighted by Gasteiger charge is -2.30. The summed E-state index contributed by atoms with van der Waals surface area (Å²) in [6.07, 6.45) is 2.71. The van der Waals surface area contributed by atoms with Gasteiger partial charge < -0.3 is 20.4 Å². The van der Waals surface area contributed by atoms with Gasteiger partial charge in [-0.25, -0.2) is 0 Å². The molecular formula is C17H20N4O3. The van der Waals surface area contributed by atoms with Gasteiger partial charge in [-0.2, -0.15) is 4.98 Å². The van der Waals surface area contributed by atoms with Crippen molar-refractivity contribution >= 4 is 28.9 Å². The number of rotatable bonds is 4. The number of hydrogen-bond donors (Lipinski definition) is 2. The van der Waals surface area contributed by atoms with Crippen LogP contribution in [0.2, 0.25) is 0 Å². The van der Waals surface area contributed by atoms with E-state index in [1.165, 1.54) is 0 Å². The molecular weight excluding hydrogens is 308 g/mol. The molecule has 24 heavy (non-hydrogen) atoms. The molecule has 0 unspecified atom stereocenters. The van der Waals surface area contributed by atoms with Crippen molar-refractivity contribution in [2.24, 2.45) is 11.7 Å². The molecule has 0 atom stereocenters. The van der Waals surface area contributed by atoms with Crippen LogP contribution in [-0.4, -0.2) is 35.4 Å². The van der Waals surface area contributed by atoms with Crippen molar-refractivity contribution in [2.75, 3.05) is 18.0 Å². The fraction of sp³-hybridized carbons (Fsp3) is 0.471. The predicted molar refractivity (Wildman–Crippen MR) is 88.2 cm³/mol. The van der Waals surface area contributed by atoms with E-state index in [1.807, 2.05) is 24.3 Å². The van der Waals surface area contributed by atoms with Crippen LogP contribution in [0.25, 0.3) is 11.1 Å². The van der Waals surface area contributed by atoms with E-state index in [4.69, 9.17) is 10.2 Å². The van der Waals surface area contributed by atoms with E-state index in [2.05, 4.69) is 15.2 Å². The number of piperidine rings is 1. The molecule has 1 aromatic heterocycles. The number of anilines is 1. The summed E-state index contributed by atoms with van der Waals surface area (Å²) in [5.74, 6) is -0.592. The maximum atomic E-state index is 12.4. The highest BCUT2D eigenvalue weighted by Gasteiger charge is 2.50. The van der Waals surface area contributed by atoms with Crippen molar-refractivity contribution in [3.8, 4) is 0 Å². The van der Waals surface area contributed by atoms with Gasteiger partial charge in [-0.05, 0) is 37.8 Å². The molecule has 1 saturated carbocycles. The SMILES string of the molecule is NC(=O)C1(NC(=O)C2CCN(c3nc4ccccc4o3)CC2)CC1. The van der Waals surface area contributed by atoms with E-state index < -0.39 is 11.4 Å². The van der Waals surface area contributed by atoms with Crippen molar-refractivity contribution in [3.05, 3.63) is 24.3 Å². The molecule has 126 valence electrons. The van der Waals surface area contributed by atoms with Crippen molar-refractivity contribution in [1.29, 1.82) is 0 Å². The zero-order valence-corrected chi connectivity index (χ0v) is 13.3. The van der Waals surface area contributed by atoms with Crippen LogP contribution in [0.5, 0.6) is 0 Å².